The van der Waals surface area contributed by atoms with Gasteiger partial charge in [0.25, 0.3) is 5.91 Å². The summed E-state index contributed by atoms with van der Waals surface area (Å²) in [5.74, 6) is -0.997. The zero-order chi connectivity index (χ0) is 20.8. The number of hydrogen-bond acceptors (Lipinski definition) is 5. The normalized spacial score (nSPS) is 13.7. The van der Waals surface area contributed by atoms with Crippen molar-refractivity contribution in [1.82, 2.24) is 9.80 Å². The summed E-state index contributed by atoms with van der Waals surface area (Å²) in [5, 5.41) is 12.5. The molecule has 2 aromatic rings. The van der Waals surface area contributed by atoms with Crippen LogP contribution in [0, 0.1) is 6.92 Å². The lowest BCUT2D eigenvalue weighted by molar-refractivity contribution is -0.135. The third kappa shape index (κ3) is 5.25. The highest BCUT2D eigenvalue weighted by Gasteiger charge is 2.25. The van der Waals surface area contributed by atoms with Gasteiger partial charge in [-0.15, -0.1) is 0 Å². The summed E-state index contributed by atoms with van der Waals surface area (Å²) in [6.07, 6.45) is 0. The number of urea groups is 1. The molecule has 0 atom stereocenters. The Labute approximate surface area is 168 Å². The van der Waals surface area contributed by atoms with Crippen molar-refractivity contribution in [2.75, 3.05) is 38.1 Å². The number of hydrogen-bond donors (Lipinski definition) is 2. The number of amides is 3. The number of carbonyl (C=O) groups is 3. The van der Waals surface area contributed by atoms with Crippen molar-refractivity contribution in [3.8, 4) is 5.75 Å². The molecule has 1 aliphatic rings. The number of piperazine rings is 1. The number of carbonyl (C=O) groups excluding carboxylic acids is 3. The number of para-hydroxylation sites is 1. The molecule has 0 radical (unpaired) electrons. The lowest BCUT2D eigenvalue weighted by Crippen LogP contribution is -2.52. The fourth-order valence-corrected chi connectivity index (χ4v) is 2.92. The minimum absolute atomic E-state index is 0.00400. The molecule has 2 N–H and O–H groups in total. The van der Waals surface area contributed by atoms with Crippen molar-refractivity contribution < 1.29 is 24.2 Å². The molecular weight excluding hydrogens is 374 g/mol. The Morgan fingerprint density at radius 3 is 2.31 bits per heavy atom. The van der Waals surface area contributed by atoms with Crippen LogP contribution < -0.4 is 5.32 Å². The average molecular weight is 397 g/mol. The molecule has 152 valence electrons. The molecule has 1 heterocycles. The molecule has 29 heavy (non-hydrogen) atoms. The van der Waals surface area contributed by atoms with Gasteiger partial charge in [-0.3, -0.25) is 4.79 Å². The molecule has 1 aliphatic heterocycles. The van der Waals surface area contributed by atoms with Gasteiger partial charge in [-0.1, -0.05) is 24.3 Å². The first kappa shape index (κ1) is 20.2. The van der Waals surface area contributed by atoms with E-state index in [9.17, 15) is 19.5 Å². The second-order valence-electron chi connectivity index (χ2n) is 6.74. The van der Waals surface area contributed by atoms with Crippen LogP contribution >= 0.6 is 0 Å². The third-order valence-electron chi connectivity index (χ3n) is 4.72. The summed E-state index contributed by atoms with van der Waals surface area (Å²) in [5.41, 5.74) is 1.54. The van der Waals surface area contributed by atoms with Gasteiger partial charge in [-0.2, -0.15) is 0 Å². The van der Waals surface area contributed by atoms with Crippen molar-refractivity contribution in [3.63, 3.8) is 0 Å². The van der Waals surface area contributed by atoms with Gasteiger partial charge in [-0.25, -0.2) is 9.59 Å². The second kappa shape index (κ2) is 9.09. The van der Waals surface area contributed by atoms with Crippen molar-refractivity contribution in [2.24, 2.45) is 0 Å². The number of rotatable bonds is 4. The van der Waals surface area contributed by atoms with Crippen molar-refractivity contribution in [1.29, 1.82) is 0 Å². The topological polar surface area (TPSA) is 99.2 Å². The summed E-state index contributed by atoms with van der Waals surface area (Å²) < 4.78 is 5.06. The molecule has 0 unspecified atom stereocenters. The number of aromatic hydroxyl groups is 1. The number of esters is 1. The molecule has 3 rings (SSSR count). The van der Waals surface area contributed by atoms with E-state index in [1.165, 1.54) is 12.1 Å². The van der Waals surface area contributed by atoms with Gasteiger partial charge >= 0.3 is 12.0 Å². The SMILES string of the molecule is Cc1ccc(C(=O)OCC(=O)N2CCN(C(=O)Nc3ccccc3)CC2)cc1O. The van der Waals surface area contributed by atoms with Gasteiger partial charge in [-0.05, 0) is 36.8 Å². The lowest BCUT2D eigenvalue weighted by atomic mass is 10.1. The van der Waals surface area contributed by atoms with Gasteiger partial charge < -0.3 is 25.0 Å². The van der Waals surface area contributed by atoms with Crippen LogP contribution in [0.3, 0.4) is 0 Å². The van der Waals surface area contributed by atoms with Crippen LogP contribution in [0.2, 0.25) is 0 Å². The number of nitrogens with one attached hydrogen (secondary N) is 1. The fraction of sp³-hybridized carbons (Fsp3) is 0.286. The van der Waals surface area contributed by atoms with E-state index < -0.39 is 5.97 Å². The van der Waals surface area contributed by atoms with Crippen LogP contribution in [0.1, 0.15) is 15.9 Å². The summed E-state index contributed by atoms with van der Waals surface area (Å²) in [6.45, 7) is 2.85. The highest BCUT2D eigenvalue weighted by molar-refractivity contribution is 5.92. The summed E-state index contributed by atoms with van der Waals surface area (Å²) in [6, 6.07) is 13.4. The molecule has 0 aromatic heterocycles. The standard InChI is InChI=1S/C21H23N3O5/c1-15-7-8-16(13-18(15)25)20(27)29-14-19(26)23-9-11-24(12-10-23)21(28)22-17-5-3-2-4-6-17/h2-8,13,25H,9-12,14H2,1H3,(H,22,28). The molecule has 0 saturated carbocycles. The van der Waals surface area contributed by atoms with Crippen LogP contribution in [0.25, 0.3) is 0 Å². The largest absolute Gasteiger partial charge is 0.508 e. The molecule has 8 heteroatoms. The maximum atomic E-state index is 12.3. The Morgan fingerprint density at radius 1 is 1.00 bits per heavy atom. The van der Waals surface area contributed by atoms with E-state index >= 15 is 0 Å². The third-order valence-corrected chi connectivity index (χ3v) is 4.72. The second-order valence-corrected chi connectivity index (χ2v) is 6.74. The zero-order valence-corrected chi connectivity index (χ0v) is 16.1. The number of nitrogens with zero attached hydrogens (tertiary/aromatic N) is 2. The van der Waals surface area contributed by atoms with Gasteiger partial charge in [0, 0.05) is 31.9 Å². The van der Waals surface area contributed by atoms with Gasteiger partial charge in [0.05, 0.1) is 5.56 Å². The zero-order valence-electron chi connectivity index (χ0n) is 16.1. The van der Waals surface area contributed by atoms with E-state index in [2.05, 4.69) is 5.32 Å². The Morgan fingerprint density at radius 2 is 1.66 bits per heavy atom. The first-order valence-electron chi connectivity index (χ1n) is 9.29. The molecule has 1 saturated heterocycles. The predicted molar refractivity (Wildman–Crippen MR) is 107 cm³/mol. The molecular formula is C21H23N3O5. The van der Waals surface area contributed by atoms with Crippen LogP contribution in [0.5, 0.6) is 5.75 Å². The molecule has 1 fully saturated rings. The maximum absolute atomic E-state index is 12.3. The molecule has 2 aromatic carbocycles. The van der Waals surface area contributed by atoms with Crippen molar-refractivity contribution >= 4 is 23.6 Å². The van der Waals surface area contributed by atoms with Crippen molar-refractivity contribution in [3.05, 3.63) is 59.7 Å². The van der Waals surface area contributed by atoms with Crippen LogP contribution in [-0.2, 0) is 9.53 Å². The number of anilines is 1. The summed E-state index contributed by atoms with van der Waals surface area (Å²) in [4.78, 5) is 39.8. The molecule has 0 spiro atoms. The van der Waals surface area contributed by atoms with E-state index in [-0.39, 0.29) is 29.9 Å². The predicted octanol–water partition coefficient (Wildman–Crippen LogP) is 2.23. The summed E-state index contributed by atoms with van der Waals surface area (Å²) in [7, 11) is 0. The van der Waals surface area contributed by atoms with Gasteiger partial charge in [0.15, 0.2) is 6.61 Å². The molecule has 8 nitrogen and oxygen atoms in total. The number of phenols is 1. The van der Waals surface area contributed by atoms with E-state index in [1.807, 2.05) is 18.2 Å². The van der Waals surface area contributed by atoms with E-state index in [0.717, 1.165) is 0 Å². The number of benzene rings is 2. The monoisotopic (exact) mass is 397 g/mol. The number of aryl methyl sites for hydroxylation is 1. The maximum Gasteiger partial charge on any atom is 0.338 e. The fourth-order valence-electron chi connectivity index (χ4n) is 2.92. The van der Waals surface area contributed by atoms with E-state index in [1.54, 1.807) is 34.9 Å². The first-order valence-corrected chi connectivity index (χ1v) is 9.29. The Balaban J connectivity index is 1.44. The molecule has 3 amide bonds. The Kier molecular flexibility index (Phi) is 6.33. The lowest BCUT2D eigenvalue weighted by Gasteiger charge is -2.34. The molecule has 0 bridgehead atoms. The van der Waals surface area contributed by atoms with E-state index in [0.29, 0.717) is 37.4 Å². The molecule has 0 aliphatic carbocycles. The highest BCUT2D eigenvalue weighted by Crippen LogP contribution is 2.18. The van der Waals surface area contributed by atoms with Crippen LogP contribution in [0.4, 0.5) is 10.5 Å². The summed E-state index contributed by atoms with van der Waals surface area (Å²) >= 11 is 0. The van der Waals surface area contributed by atoms with E-state index in [4.69, 9.17) is 4.74 Å². The smallest absolute Gasteiger partial charge is 0.338 e. The van der Waals surface area contributed by atoms with Crippen LogP contribution in [0.15, 0.2) is 48.5 Å². The Hall–Kier alpha value is -3.55. The van der Waals surface area contributed by atoms with Gasteiger partial charge in [0.1, 0.15) is 5.75 Å². The Bertz CT molecular complexity index is 892. The number of ether oxygens (including phenoxy) is 1. The first-order chi connectivity index (χ1) is 13.9. The van der Waals surface area contributed by atoms with Crippen molar-refractivity contribution in [2.45, 2.75) is 6.92 Å². The minimum atomic E-state index is -0.672. The minimum Gasteiger partial charge on any atom is -0.508 e. The van der Waals surface area contributed by atoms with Gasteiger partial charge in [0.2, 0.25) is 0 Å². The highest BCUT2D eigenvalue weighted by atomic mass is 16.5. The quantitative estimate of drug-likeness (QED) is 0.771. The average Bonchev–Trinajstić information content (AvgIpc) is 2.74. The van der Waals surface area contributed by atoms with Crippen LogP contribution in [-0.4, -0.2) is 65.6 Å². The number of phenolic OH excluding ortho intramolecular Hbond substituents is 1.